The minimum atomic E-state index is 0.787. The summed E-state index contributed by atoms with van der Waals surface area (Å²) in [5.74, 6) is 0.983. The lowest BCUT2D eigenvalue weighted by molar-refractivity contribution is 0.187. The Balaban J connectivity index is 1.75. The molecule has 12 heavy (non-hydrogen) atoms. The van der Waals surface area contributed by atoms with E-state index in [1.165, 1.54) is 32.4 Å². The summed E-state index contributed by atoms with van der Waals surface area (Å²) in [7, 11) is 2.08. The van der Waals surface area contributed by atoms with Crippen LogP contribution >= 0.6 is 0 Å². The van der Waals surface area contributed by atoms with Crippen molar-refractivity contribution in [2.24, 2.45) is 5.92 Å². The van der Waals surface area contributed by atoms with E-state index in [-0.39, 0.29) is 0 Å². The van der Waals surface area contributed by atoms with Crippen LogP contribution in [0, 0.1) is 5.92 Å². The maximum Gasteiger partial charge on any atom is 0.0125 e. The molecule has 2 rings (SSSR count). The fraction of sp³-hybridized carbons (Fsp3) is 1.00. The van der Waals surface area contributed by atoms with Crippen LogP contribution in [-0.2, 0) is 0 Å². The molecule has 2 aliphatic rings. The van der Waals surface area contributed by atoms with Crippen molar-refractivity contribution in [3.05, 3.63) is 0 Å². The summed E-state index contributed by atoms with van der Waals surface area (Å²) in [5.41, 5.74) is 0. The van der Waals surface area contributed by atoms with Crippen LogP contribution in [0.3, 0.4) is 0 Å². The van der Waals surface area contributed by atoms with E-state index in [2.05, 4.69) is 24.2 Å². The minimum Gasteiger partial charge on any atom is -0.317 e. The van der Waals surface area contributed by atoms with Gasteiger partial charge in [-0.3, -0.25) is 4.90 Å². The molecule has 2 fully saturated rings. The van der Waals surface area contributed by atoms with E-state index in [9.17, 15) is 0 Å². The van der Waals surface area contributed by atoms with Crippen molar-refractivity contribution < 1.29 is 0 Å². The molecule has 1 saturated carbocycles. The van der Waals surface area contributed by atoms with E-state index in [4.69, 9.17) is 0 Å². The van der Waals surface area contributed by atoms with Crippen LogP contribution in [0.4, 0.5) is 0 Å². The Morgan fingerprint density at radius 1 is 1.25 bits per heavy atom. The average Bonchev–Trinajstić information content (AvgIpc) is 2.83. The lowest BCUT2D eigenvalue weighted by Crippen LogP contribution is -2.42. The molecule has 1 heterocycles. The van der Waals surface area contributed by atoms with E-state index in [0.717, 1.165) is 18.0 Å². The molecule has 0 spiro atoms. The molecule has 1 aliphatic carbocycles. The van der Waals surface area contributed by atoms with E-state index in [0.29, 0.717) is 0 Å². The summed E-state index contributed by atoms with van der Waals surface area (Å²) in [6.07, 6.45) is 4.14. The van der Waals surface area contributed by atoms with Crippen molar-refractivity contribution in [2.45, 2.75) is 38.3 Å². The third-order valence-corrected chi connectivity index (χ3v) is 3.47. The summed E-state index contributed by atoms with van der Waals surface area (Å²) in [6, 6.07) is 1.73. The fourth-order valence-corrected chi connectivity index (χ4v) is 2.33. The maximum absolute atomic E-state index is 3.37. The van der Waals surface area contributed by atoms with Crippen LogP contribution in [0.25, 0.3) is 0 Å². The number of rotatable bonds is 2. The third-order valence-electron chi connectivity index (χ3n) is 3.47. The number of piperidine rings is 1. The van der Waals surface area contributed by atoms with E-state index in [1.807, 2.05) is 0 Å². The first-order chi connectivity index (χ1) is 5.81. The van der Waals surface area contributed by atoms with Gasteiger partial charge in [0.15, 0.2) is 0 Å². The number of nitrogens with zero attached hydrogens (tertiary/aromatic N) is 1. The predicted octanol–water partition coefficient (Wildman–Crippen LogP) is 1.08. The van der Waals surface area contributed by atoms with Crippen molar-refractivity contribution in [2.75, 3.05) is 20.1 Å². The zero-order valence-electron chi connectivity index (χ0n) is 8.21. The molecule has 0 amide bonds. The number of hydrogen-bond donors (Lipinski definition) is 1. The molecule has 70 valence electrons. The molecule has 0 radical (unpaired) electrons. The highest BCUT2D eigenvalue weighted by Crippen LogP contribution is 2.36. The summed E-state index contributed by atoms with van der Waals surface area (Å²) >= 11 is 0. The number of nitrogens with one attached hydrogen (secondary N) is 1. The summed E-state index contributed by atoms with van der Waals surface area (Å²) in [5, 5.41) is 3.37. The maximum atomic E-state index is 3.37. The largest absolute Gasteiger partial charge is 0.317 e. The highest BCUT2D eigenvalue weighted by atomic mass is 15.2. The van der Waals surface area contributed by atoms with Crippen LogP contribution in [0.2, 0.25) is 0 Å². The van der Waals surface area contributed by atoms with Gasteiger partial charge in [0.25, 0.3) is 0 Å². The van der Waals surface area contributed by atoms with Crippen molar-refractivity contribution >= 4 is 0 Å². The molecular formula is C10H20N2. The topological polar surface area (TPSA) is 15.3 Å². The van der Waals surface area contributed by atoms with Gasteiger partial charge in [0.1, 0.15) is 0 Å². The zero-order valence-corrected chi connectivity index (χ0v) is 8.21. The van der Waals surface area contributed by atoms with Crippen LogP contribution < -0.4 is 5.32 Å². The van der Waals surface area contributed by atoms with Gasteiger partial charge in [-0.25, -0.2) is 0 Å². The van der Waals surface area contributed by atoms with Crippen molar-refractivity contribution in [3.63, 3.8) is 0 Å². The number of likely N-dealkylation sites (tertiary alicyclic amines) is 1. The summed E-state index contributed by atoms with van der Waals surface area (Å²) in [6.45, 7) is 5.01. The van der Waals surface area contributed by atoms with Crippen molar-refractivity contribution in [1.29, 1.82) is 0 Å². The minimum absolute atomic E-state index is 0.787. The molecule has 0 aromatic carbocycles. The van der Waals surface area contributed by atoms with E-state index in [1.54, 1.807) is 0 Å². The Kier molecular flexibility index (Phi) is 2.37. The second-order valence-corrected chi connectivity index (χ2v) is 4.38. The molecule has 1 saturated heterocycles. The highest BCUT2D eigenvalue weighted by molar-refractivity contribution is 4.94. The Morgan fingerprint density at radius 3 is 2.25 bits per heavy atom. The average molecular weight is 168 g/mol. The highest BCUT2D eigenvalue weighted by Gasteiger charge is 2.38. The SMILES string of the molecule is CNC1CCN(C2CC2C)CC1. The fourth-order valence-electron chi connectivity index (χ4n) is 2.33. The first-order valence-electron chi connectivity index (χ1n) is 5.22. The van der Waals surface area contributed by atoms with Crippen molar-refractivity contribution in [1.82, 2.24) is 10.2 Å². The molecule has 2 nitrogen and oxygen atoms in total. The van der Waals surface area contributed by atoms with Crippen LogP contribution in [0.5, 0.6) is 0 Å². The third kappa shape index (κ3) is 1.64. The summed E-state index contributed by atoms with van der Waals surface area (Å²) < 4.78 is 0. The molecular weight excluding hydrogens is 148 g/mol. The molecule has 0 aromatic heterocycles. The molecule has 2 unspecified atom stereocenters. The Hall–Kier alpha value is -0.0800. The van der Waals surface area contributed by atoms with Gasteiger partial charge in [-0.2, -0.15) is 0 Å². The molecule has 1 aliphatic heterocycles. The summed E-state index contributed by atoms with van der Waals surface area (Å²) in [4.78, 5) is 2.68. The molecule has 0 aromatic rings. The lowest BCUT2D eigenvalue weighted by Gasteiger charge is -2.32. The van der Waals surface area contributed by atoms with Gasteiger partial charge in [0.2, 0.25) is 0 Å². The van der Waals surface area contributed by atoms with E-state index < -0.39 is 0 Å². The Labute approximate surface area is 75.3 Å². The lowest BCUT2D eigenvalue weighted by atomic mass is 10.1. The van der Waals surface area contributed by atoms with Crippen LogP contribution in [0.1, 0.15) is 26.2 Å². The molecule has 2 atom stereocenters. The van der Waals surface area contributed by atoms with Gasteiger partial charge in [0.05, 0.1) is 0 Å². The number of hydrogen-bond acceptors (Lipinski definition) is 2. The van der Waals surface area contributed by atoms with Gasteiger partial charge in [-0.1, -0.05) is 6.92 Å². The van der Waals surface area contributed by atoms with Gasteiger partial charge in [0, 0.05) is 12.1 Å². The van der Waals surface area contributed by atoms with Crippen LogP contribution in [-0.4, -0.2) is 37.1 Å². The molecule has 0 bridgehead atoms. The Morgan fingerprint density at radius 2 is 1.83 bits per heavy atom. The first kappa shape index (κ1) is 8.52. The normalized spacial score (nSPS) is 38.5. The van der Waals surface area contributed by atoms with Crippen LogP contribution in [0.15, 0.2) is 0 Å². The van der Waals surface area contributed by atoms with E-state index >= 15 is 0 Å². The second kappa shape index (κ2) is 3.35. The van der Waals surface area contributed by atoms with Gasteiger partial charge >= 0.3 is 0 Å². The Bertz CT molecular complexity index is 150. The van der Waals surface area contributed by atoms with Gasteiger partial charge in [-0.05, 0) is 45.3 Å². The molecule has 2 heteroatoms. The zero-order chi connectivity index (χ0) is 8.55. The quantitative estimate of drug-likeness (QED) is 0.663. The van der Waals surface area contributed by atoms with Crippen molar-refractivity contribution in [3.8, 4) is 0 Å². The monoisotopic (exact) mass is 168 g/mol. The molecule has 1 N–H and O–H groups in total. The van der Waals surface area contributed by atoms with Gasteiger partial charge in [-0.15, -0.1) is 0 Å². The second-order valence-electron chi connectivity index (χ2n) is 4.38. The predicted molar refractivity (Wildman–Crippen MR) is 51.2 cm³/mol. The smallest absolute Gasteiger partial charge is 0.0125 e. The standard InChI is InChI=1S/C10H20N2/c1-8-7-10(8)12-5-3-9(11-2)4-6-12/h8-11H,3-7H2,1-2H3. The van der Waals surface area contributed by atoms with Gasteiger partial charge < -0.3 is 5.32 Å². The first-order valence-corrected chi connectivity index (χ1v) is 5.22.